The van der Waals surface area contributed by atoms with Crippen LogP contribution in [0.1, 0.15) is 13.8 Å². The molecule has 4 N–H and O–H groups in total. The highest BCUT2D eigenvalue weighted by Crippen LogP contribution is 2.23. The molecule has 0 spiro atoms. The minimum absolute atomic E-state index is 0.0675. The van der Waals surface area contributed by atoms with E-state index in [2.05, 4.69) is 25.7 Å². The van der Waals surface area contributed by atoms with Crippen LogP contribution in [0.5, 0.6) is 6.01 Å². The third-order valence-corrected chi connectivity index (χ3v) is 2.50. The third kappa shape index (κ3) is 4.14. The molecule has 0 saturated heterocycles. The Hall–Kier alpha value is -2.19. The van der Waals surface area contributed by atoms with E-state index in [9.17, 15) is 4.39 Å². The van der Waals surface area contributed by atoms with Crippen molar-refractivity contribution in [3.8, 4) is 6.01 Å². The van der Waals surface area contributed by atoms with Crippen molar-refractivity contribution in [2.75, 3.05) is 10.7 Å². The molecular formula is C12H14ClFN6O. The molecule has 0 fully saturated rings. The maximum absolute atomic E-state index is 13.7. The number of hydrogen-bond acceptors (Lipinski definition) is 7. The Balaban J connectivity index is 2.32. The molecule has 7 nitrogen and oxygen atoms in total. The van der Waals surface area contributed by atoms with Crippen molar-refractivity contribution in [3.05, 3.63) is 29.0 Å². The second-order valence-corrected chi connectivity index (χ2v) is 4.76. The van der Waals surface area contributed by atoms with Gasteiger partial charge in [-0.15, -0.1) is 0 Å². The topological polar surface area (TPSA) is 98.0 Å². The number of ether oxygens (including phenoxy) is 1. The minimum atomic E-state index is -0.492. The molecule has 0 atom stereocenters. The molecule has 1 aromatic carbocycles. The van der Waals surface area contributed by atoms with Crippen LogP contribution in [-0.4, -0.2) is 21.1 Å². The first-order valence-corrected chi connectivity index (χ1v) is 6.47. The third-order valence-electron chi connectivity index (χ3n) is 2.26. The van der Waals surface area contributed by atoms with E-state index in [1.165, 1.54) is 18.2 Å². The SMILES string of the molecule is CC(C)Oc1nc(NN)nc(Nc2cc(Cl)ccc2F)n1. The molecule has 9 heteroatoms. The minimum Gasteiger partial charge on any atom is -0.461 e. The second kappa shape index (κ2) is 6.51. The summed E-state index contributed by atoms with van der Waals surface area (Å²) in [6.45, 7) is 3.64. The number of rotatable bonds is 5. The van der Waals surface area contributed by atoms with Gasteiger partial charge in [-0.25, -0.2) is 10.2 Å². The van der Waals surface area contributed by atoms with E-state index in [0.717, 1.165) is 0 Å². The highest BCUT2D eigenvalue weighted by molar-refractivity contribution is 6.30. The zero-order valence-electron chi connectivity index (χ0n) is 11.4. The highest BCUT2D eigenvalue weighted by Gasteiger charge is 2.11. The lowest BCUT2D eigenvalue weighted by atomic mass is 10.3. The number of anilines is 3. The molecule has 2 rings (SSSR count). The molecule has 0 aliphatic rings. The van der Waals surface area contributed by atoms with Crippen LogP contribution in [-0.2, 0) is 0 Å². The molecule has 0 unspecified atom stereocenters. The highest BCUT2D eigenvalue weighted by atomic mass is 35.5. The summed E-state index contributed by atoms with van der Waals surface area (Å²) >= 11 is 5.82. The zero-order valence-corrected chi connectivity index (χ0v) is 12.1. The van der Waals surface area contributed by atoms with Gasteiger partial charge in [0.05, 0.1) is 11.8 Å². The summed E-state index contributed by atoms with van der Waals surface area (Å²) in [4.78, 5) is 11.9. The van der Waals surface area contributed by atoms with Crippen molar-refractivity contribution in [3.63, 3.8) is 0 Å². The van der Waals surface area contributed by atoms with Crippen LogP contribution >= 0.6 is 11.6 Å². The molecule has 112 valence electrons. The number of nitrogens with one attached hydrogen (secondary N) is 2. The van der Waals surface area contributed by atoms with E-state index in [4.69, 9.17) is 22.2 Å². The van der Waals surface area contributed by atoms with Gasteiger partial charge in [-0.3, -0.25) is 5.43 Å². The largest absolute Gasteiger partial charge is 0.461 e. The van der Waals surface area contributed by atoms with Crippen LogP contribution < -0.4 is 21.3 Å². The van der Waals surface area contributed by atoms with Gasteiger partial charge in [-0.1, -0.05) is 11.6 Å². The van der Waals surface area contributed by atoms with Gasteiger partial charge in [-0.05, 0) is 32.0 Å². The molecule has 21 heavy (non-hydrogen) atoms. The molecule has 0 radical (unpaired) electrons. The van der Waals surface area contributed by atoms with Gasteiger partial charge in [0, 0.05) is 5.02 Å². The molecule has 0 aliphatic carbocycles. The number of halogens is 2. The van der Waals surface area contributed by atoms with E-state index in [1.54, 1.807) is 0 Å². The summed E-state index contributed by atoms with van der Waals surface area (Å²) < 4.78 is 19.1. The maximum Gasteiger partial charge on any atom is 0.323 e. The number of hydrogen-bond donors (Lipinski definition) is 3. The normalized spacial score (nSPS) is 10.6. The van der Waals surface area contributed by atoms with Crippen molar-refractivity contribution >= 4 is 29.2 Å². The summed E-state index contributed by atoms with van der Waals surface area (Å²) in [5.74, 6) is 4.96. The molecule has 2 aromatic rings. The van der Waals surface area contributed by atoms with Crippen molar-refractivity contribution in [2.45, 2.75) is 20.0 Å². The number of benzene rings is 1. The van der Waals surface area contributed by atoms with Crippen molar-refractivity contribution in [1.29, 1.82) is 0 Å². The molecule has 0 amide bonds. The zero-order chi connectivity index (χ0) is 15.4. The Morgan fingerprint density at radius 2 is 1.95 bits per heavy atom. The Morgan fingerprint density at radius 3 is 2.62 bits per heavy atom. The first-order valence-electron chi connectivity index (χ1n) is 6.09. The number of aromatic nitrogens is 3. The molecule has 0 aliphatic heterocycles. The van der Waals surface area contributed by atoms with Gasteiger partial charge < -0.3 is 10.1 Å². The Bertz CT molecular complexity index is 639. The van der Waals surface area contributed by atoms with E-state index >= 15 is 0 Å². The molecule has 0 saturated carbocycles. The summed E-state index contributed by atoms with van der Waals surface area (Å²) in [6, 6.07) is 4.16. The van der Waals surface area contributed by atoms with Gasteiger partial charge in [0.25, 0.3) is 0 Å². The summed E-state index contributed by atoms with van der Waals surface area (Å²) in [5.41, 5.74) is 2.42. The lowest BCUT2D eigenvalue weighted by Gasteiger charge is -2.11. The summed E-state index contributed by atoms with van der Waals surface area (Å²) in [5, 5.41) is 3.08. The van der Waals surface area contributed by atoms with Gasteiger partial charge in [0.2, 0.25) is 11.9 Å². The predicted molar refractivity (Wildman–Crippen MR) is 78.1 cm³/mol. The van der Waals surface area contributed by atoms with Crippen LogP contribution in [0.3, 0.4) is 0 Å². The number of nitrogen functional groups attached to an aromatic ring is 1. The van der Waals surface area contributed by atoms with Crippen molar-refractivity contribution < 1.29 is 9.13 Å². The summed E-state index contributed by atoms with van der Waals surface area (Å²) in [7, 11) is 0. The molecule has 1 aromatic heterocycles. The van der Waals surface area contributed by atoms with Gasteiger partial charge in [0.1, 0.15) is 5.82 Å². The molecule has 0 bridgehead atoms. The second-order valence-electron chi connectivity index (χ2n) is 4.33. The van der Waals surface area contributed by atoms with Crippen molar-refractivity contribution in [1.82, 2.24) is 15.0 Å². The van der Waals surface area contributed by atoms with Crippen molar-refractivity contribution in [2.24, 2.45) is 5.84 Å². The number of hydrazine groups is 1. The Kier molecular flexibility index (Phi) is 4.71. The fraction of sp³-hybridized carbons (Fsp3) is 0.250. The first kappa shape index (κ1) is 15.2. The average Bonchev–Trinajstić information content (AvgIpc) is 2.42. The lowest BCUT2D eigenvalue weighted by molar-refractivity contribution is 0.222. The lowest BCUT2D eigenvalue weighted by Crippen LogP contribution is -2.15. The predicted octanol–water partition coefficient (Wildman–Crippen LogP) is 2.48. The average molecular weight is 313 g/mol. The smallest absolute Gasteiger partial charge is 0.323 e. The van der Waals surface area contributed by atoms with Crippen LogP contribution in [0.2, 0.25) is 5.02 Å². The molecule has 1 heterocycles. The number of nitrogens with two attached hydrogens (primary N) is 1. The van der Waals surface area contributed by atoms with Crippen LogP contribution in [0.15, 0.2) is 18.2 Å². The quantitative estimate of drug-likeness (QED) is 0.576. The van der Waals surface area contributed by atoms with E-state index in [1.807, 2.05) is 13.8 Å². The summed E-state index contributed by atoms with van der Waals surface area (Å²) in [6.07, 6.45) is -0.131. The van der Waals surface area contributed by atoms with E-state index < -0.39 is 5.82 Å². The Labute approximate surface area is 125 Å². The fourth-order valence-corrected chi connectivity index (χ4v) is 1.63. The number of nitrogens with zero attached hydrogens (tertiary/aromatic N) is 3. The van der Waals surface area contributed by atoms with E-state index in [-0.39, 0.29) is 29.7 Å². The van der Waals surface area contributed by atoms with Crippen LogP contribution in [0.4, 0.5) is 22.0 Å². The van der Waals surface area contributed by atoms with Gasteiger partial charge in [0.15, 0.2) is 0 Å². The standard InChI is InChI=1S/C12H14ClFN6O/c1-6(2)21-12-18-10(17-11(19-12)20-15)16-9-5-7(13)3-4-8(9)14/h3-6H,15H2,1-2H3,(H2,16,17,18,19,20). The fourth-order valence-electron chi connectivity index (χ4n) is 1.45. The van der Waals surface area contributed by atoms with Gasteiger partial charge >= 0.3 is 6.01 Å². The molecular weight excluding hydrogens is 299 g/mol. The maximum atomic E-state index is 13.7. The van der Waals surface area contributed by atoms with E-state index in [0.29, 0.717) is 5.02 Å². The first-order chi connectivity index (χ1) is 9.97. The van der Waals surface area contributed by atoms with Crippen LogP contribution in [0, 0.1) is 5.82 Å². The van der Waals surface area contributed by atoms with Crippen LogP contribution in [0.25, 0.3) is 0 Å². The van der Waals surface area contributed by atoms with Gasteiger partial charge in [-0.2, -0.15) is 15.0 Å². The Morgan fingerprint density at radius 1 is 1.24 bits per heavy atom. The monoisotopic (exact) mass is 312 g/mol.